The zero-order valence-electron chi connectivity index (χ0n) is 32.3. The third-order valence-corrected chi connectivity index (χ3v) is 9.91. The maximum absolute atomic E-state index is 13.9. The summed E-state index contributed by atoms with van der Waals surface area (Å²) in [5.41, 5.74) is 9.53. The van der Waals surface area contributed by atoms with Crippen LogP contribution in [-0.4, -0.2) is 33.8 Å². The molecule has 6 N–H and O–H groups in total. The molecule has 0 fully saturated rings. The molecular weight excluding hydrogens is 656 g/mol. The van der Waals surface area contributed by atoms with Gasteiger partial charge < -0.3 is 10.2 Å². The molecule has 0 aliphatic carbocycles. The van der Waals surface area contributed by atoms with Crippen LogP contribution in [0.15, 0.2) is 36.4 Å². The lowest BCUT2D eigenvalue weighted by Crippen LogP contribution is -2.58. The Kier molecular flexibility index (Phi) is 21.2. The van der Waals surface area contributed by atoms with Crippen LogP contribution in [0.25, 0.3) is 0 Å². The Hall–Kier alpha value is -4.08. The molecule has 0 bridgehead atoms. The summed E-state index contributed by atoms with van der Waals surface area (Å²) in [6, 6.07) is 9.98. The van der Waals surface area contributed by atoms with Gasteiger partial charge in [-0.1, -0.05) is 148 Å². The van der Waals surface area contributed by atoms with Gasteiger partial charge in [-0.2, -0.15) is 0 Å². The van der Waals surface area contributed by atoms with E-state index in [0.29, 0.717) is 36.8 Å². The second kappa shape index (κ2) is 25.0. The van der Waals surface area contributed by atoms with Crippen molar-refractivity contribution in [2.45, 2.75) is 163 Å². The van der Waals surface area contributed by atoms with Crippen LogP contribution in [-0.2, 0) is 22.4 Å². The molecule has 0 spiro atoms. The molecule has 2 rings (SSSR count). The standard InChI is InChI=1S/C42H66N4O6/c1-5-9-12-15-17-19-24-32-26-22-28-34(36(32)47)38(49)43-45-40(51)42(30-8-4,31-21-14-11-7-3)41(52)46-44-39(50)35-29-23-27-33(37(35)48)25-20-18-16-13-10-6-2/h22-23,26-29,47-48H,5-21,24-25,30-31H2,1-4H3,(H,43,49)(H,44,50)(H,45,51)(H,46,52). The van der Waals surface area contributed by atoms with Crippen LogP contribution >= 0.6 is 0 Å². The van der Waals surface area contributed by atoms with Gasteiger partial charge in [0.05, 0.1) is 11.1 Å². The Morgan fingerprint density at radius 2 is 0.865 bits per heavy atom. The van der Waals surface area contributed by atoms with E-state index in [9.17, 15) is 29.4 Å². The van der Waals surface area contributed by atoms with E-state index >= 15 is 0 Å². The van der Waals surface area contributed by atoms with Crippen molar-refractivity contribution in [1.29, 1.82) is 0 Å². The minimum absolute atomic E-state index is 0.0306. The van der Waals surface area contributed by atoms with Gasteiger partial charge in [-0.15, -0.1) is 0 Å². The zero-order valence-corrected chi connectivity index (χ0v) is 32.3. The number of phenolic OH excluding ortho intramolecular Hbond substituents is 2. The van der Waals surface area contributed by atoms with Crippen molar-refractivity contribution >= 4 is 23.6 Å². The minimum atomic E-state index is -1.60. The molecule has 0 aliphatic rings. The summed E-state index contributed by atoms with van der Waals surface area (Å²) in [5.74, 6) is -3.06. The molecular formula is C42H66N4O6. The lowest BCUT2D eigenvalue weighted by atomic mass is 9.77. The maximum atomic E-state index is 13.9. The molecule has 10 heteroatoms. The second-order valence-corrected chi connectivity index (χ2v) is 14.1. The molecule has 0 heterocycles. The number of unbranched alkanes of at least 4 members (excludes halogenated alkanes) is 13. The number of hydrazine groups is 2. The Balaban J connectivity index is 2.14. The van der Waals surface area contributed by atoms with Gasteiger partial charge in [0.1, 0.15) is 16.9 Å². The first-order valence-corrected chi connectivity index (χ1v) is 20.0. The van der Waals surface area contributed by atoms with Crippen LogP contribution in [0.3, 0.4) is 0 Å². The van der Waals surface area contributed by atoms with E-state index in [1.54, 1.807) is 24.3 Å². The fraction of sp³-hybridized carbons (Fsp3) is 0.619. The van der Waals surface area contributed by atoms with Gasteiger partial charge in [-0.05, 0) is 61.8 Å². The van der Waals surface area contributed by atoms with Gasteiger partial charge in [0.2, 0.25) is 0 Å². The molecule has 0 saturated carbocycles. The van der Waals surface area contributed by atoms with E-state index in [2.05, 4.69) is 42.5 Å². The Morgan fingerprint density at radius 3 is 1.27 bits per heavy atom. The number of nitrogens with one attached hydrogen (secondary N) is 4. The first-order valence-electron chi connectivity index (χ1n) is 20.0. The van der Waals surface area contributed by atoms with Crippen molar-refractivity contribution in [2.75, 3.05) is 0 Å². The molecule has 2 aromatic rings. The number of para-hydroxylation sites is 2. The van der Waals surface area contributed by atoms with Crippen molar-refractivity contribution in [3.63, 3.8) is 0 Å². The van der Waals surface area contributed by atoms with Gasteiger partial charge in [0.25, 0.3) is 23.6 Å². The van der Waals surface area contributed by atoms with Crippen molar-refractivity contribution in [1.82, 2.24) is 21.7 Å². The quantitative estimate of drug-likeness (QED) is 0.0342. The highest BCUT2D eigenvalue weighted by Crippen LogP contribution is 2.32. The first kappa shape index (κ1) is 44.1. The molecule has 0 unspecified atom stereocenters. The van der Waals surface area contributed by atoms with Crippen LogP contribution in [0.2, 0.25) is 0 Å². The summed E-state index contributed by atoms with van der Waals surface area (Å²) < 4.78 is 0. The van der Waals surface area contributed by atoms with Gasteiger partial charge >= 0.3 is 0 Å². The summed E-state index contributed by atoms with van der Waals surface area (Å²) in [6.45, 7) is 8.28. The monoisotopic (exact) mass is 722 g/mol. The van der Waals surface area contributed by atoms with Crippen LogP contribution < -0.4 is 21.7 Å². The van der Waals surface area contributed by atoms with Gasteiger partial charge in [-0.25, -0.2) is 0 Å². The average molecular weight is 723 g/mol. The summed E-state index contributed by atoms with van der Waals surface area (Å²) >= 11 is 0. The fourth-order valence-electron chi connectivity index (χ4n) is 6.71. The smallest absolute Gasteiger partial charge is 0.273 e. The predicted octanol–water partition coefficient (Wildman–Crippen LogP) is 8.88. The third kappa shape index (κ3) is 14.2. The largest absolute Gasteiger partial charge is 0.507 e. The number of rotatable bonds is 25. The fourth-order valence-corrected chi connectivity index (χ4v) is 6.71. The third-order valence-electron chi connectivity index (χ3n) is 9.91. The summed E-state index contributed by atoms with van der Waals surface area (Å²) in [4.78, 5) is 54.2. The number of hydrogen-bond donors (Lipinski definition) is 6. The molecule has 52 heavy (non-hydrogen) atoms. The van der Waals surface area contributed by atoms with Crippen molar-refractivity contribution < 1.29 is 29.4 Å². The lowest BCUT2D eigenvalue weighted by Gasteiger charge is -2.31. The topological polar surface area (TPSA) is 157 Å². The van der Waals surface area contributed by atoms with Gasteiger partial charge in [-0.3, -0.25) is 40.9 Å². The van der Waals surface area contributed by atoms with Crippen LogP contribution in [0.4, 0.5) is 0 Å². The van der Waals surface area contributed by atoms with Gasteiger partial charge in [0, 0.05) is 0 Å². The SMILES string of the molecule is CCCCCCCCc1cccc(C(=O)NNC(=O)C(CCC)(CCCCCC)C(=O)NNC(=O)c2cccc(CCCCCCCC)c2O)c1O. The normalized spacial score (nSPS) is 11.2. The highest BCUT2D eigenvalue weighted by molar-refractivity contribution is 6.07. The molecule has 0 radical (unpaired) electrons. The molecule has 10 nitrogen and oxygen atoms in total. The van der Waals surface area contributed by atoms with Crippen LogP contribution in [0, 0.1) is 5.41 Å². The highest BCUT2D eigenvalue weighted by atomic mass is 16.3. The first-order chi connectivity index (χ1) is 25.2. The van der Waals surface area contributed by atoms with Crippen LogP contribution in [0.1, 0.15) is 182 Å². The van der Waals surface area contributed by atoms with E-state index in [1.165, 1.54) is 50.7 Å². The zero-order chi connectivity index (χ0) is 38.2. The van der Waals surface area contributed by atoms with E-state index in [1.807, 2.05) is 6.92 Å². The van der Waals surface area contributed by atoms with Crippen molar-refractivity contribution in [2.24, 2.45) is 5.41 Å². The summed E-state index contributed by atoms with van der Waals surface area (Å²) in [6.07, 6.45) is 18.7. The second-order valence-electron chi connectivity index (χ2n) is 14.1. The molecule has 0 aliphatic heterocycles. The highest BCUT2D eigenvalue weighted by Gasteiger charge is 2.45. The summed E-state index contributed by atoms with van der Waals surface area (Å²) in [5, 5.41) is 21.8. The number of carbonyl (C=O) groups excluding carboxylic acids is 4. The number of hydrogen-bond acceptors (Lipinski definition) is 6. The van der Waals surface area contributed by atoms with Crippen molar-refractivity contribution in [3.05, 3.63) is 58.7 Å². The number of benzene rings is 2. The molecule has 0 saturated heterocycles. The minimum Gasteiger partial charge on any atom is -0.507 e. The molecule has 0 aromatic heterocycles. The molecule has 4 amide bonds. The lowest BCUT2D eigenvalue weighted by molar-refractivity contribution is -0.146. The predicted molar refractivity (Wildman–Crippen MR) is 208 cm³/mol. The van der Waals surface area contributed by atoms with E-state index in [0.717, 1.165) is 57.8 Å². The number of phenols is 2. The van der Waals surface area contributed by atoms with E-state index in [-0.39, 0.29) is 35.5 Å². The van der Waals surface area contributed by atoms with E-state index in [4.69, 9.17) is 0 Å². The number of aromatic hydroxyl groups is 2. The van der Waals surface area contributed by atoms with Crippen LogP contribution in [0.5, 0.6) is 11.5 Å². The number of carbonyl (C=O) groups is 4. The average Bonchev–Trinajstić information content (AvgIpc) is 3.14. The number of aryl methyl sites for hydroxylation is 2. The van der Waals surface area contributed by atoms with E-state index < -0.39 is 29.0 Å². The Labute approximate surface area is 312 Å². The summed E-state index contributed by atoms with van der Waals surface area (Å²) in [7, 11) is 0. The number of amides is 4. The Morgan fingerprint density at radius 1 is 0.481 bits per heavy atom. The Bertz CT molecular complexity index is 1300. The maximum Gasteiger partial charge on any atom is 0.273 e. The van der Waals surface area contributed by atoms with Gasteiger partial charge in [0.15, 0.2) is 0 Å². The molecule has 0 atom stereocenters. The van der Waals surface area contributed by atoms with Crippen molar-refractivity contribution in [3.8, 4) is 11.5 Å². The molecule has 2 aromatic carbocycles. The molecule has 290 valence electrons.